The Balaban J connectivity index is 3.46. The number of nitrogens with one attached hydrogen (secondary N) is 1. The first-order valence-corrected chi connectivity index (χ1v) is 3.38. The molecule has 0 saturated carbocycles. The molecule has 0 atom stereocenters. The molecule has 52 valence electrons. The Morgan fingerprint density at radius 2 is 2.27 bits per heavy atom. The second kappa shape index (κ2) is 2.87. The molecule has 1 N–H and O–H groups in total. The molecule has 0 spiro atoms. The number of H-pyrrole nitrogens is 1. The van der Waals surface area contributed by atoms with Gasteiger partial charge in [-0.25, -0.2) is 0 Å². The molecular weight excluding hydrogens is 181 g/mol. The second-order valence-corrected chi connectivity index (χ2v) is 2.60. The van der Waals surface area contributed by atoms with Gasteiger partial charge in [0.05, 0.1) is 5.56 Å². The lowest BCUT2D eigenvalue weighted by atomic mass is 9.99. The summed E-state index contributed by atoms with van der Waals surface area (Å²) in [5.74, 6) is 0. The van der Waals surface area contributed by atoms with Crippen LogP contribution < -0.4 is 5.59 Å². The fourth-order valence-corrected chi connectivity index (χ4v) is 1.20. The van der Waals surface area contributed by atoms with Crippen LogP contribution in [0.3, 0.4) is 0 Å². The number of carbonyl (C=O) groups excluding carboxylic acids is 1. The molecule has 0 bridgehead atoms. The summed E-state index contributed by atoms with van der Waals surface area (Å²) < 4.78 is 1.09. The number of halogens is 1. The summed E-state index contributed by atoms with van der Waals surface area (Å²) in [7, 11) is 10.6. The van der Waals surface area contributed by atoms with Crippen LogP contribution in [0.1, 0.15) is 10.4 Å². The predicted molar refractivity (Wildman–Crippen MR) is 46.3 cm³/mol. The first kappa shape index (κ1) is 8.61. The van der Waals surface area contributed by atoms with Gasteiger partial charge in [-0.15, -0.1) is 0 Å². The maximum atomic E-state index is 10.6. The van der Waals surface area contributed by atoms with Gasteiger partial charge in [0.1, 0.15) is 12.5 Å². The maximum absolute atomic E-state index is 10.6. The minimum atomic E-state index is -0.715. The Kier molecular flexibility index (Phi) is 2.25. The number of carbonyl (C=O) groups is 1. The van der Waals surface area contributed by atoms with Crippen LogP contribution >= 0.6 is 23.8 Å². The summed E-state index contributed by atoms with van der Waals surface area (Å²) in [6.45, 7) is 0. The maximum Gasteiger partial charge on any atom is 0.260 e. The molecule has 0 aliphatic rings. The zero-order valence-electron chi connectivity index (χ0n) is 5.30. The minimum absolute atomic E-state index is 0.0370. The molecule has 1 heterocycles. The zero-order chi connectivity index (χ0) is 8.59. The average molecular weight is 182 g/mol. The monoisotopic (exact) mass is 182 g/mol. The van der Waals surface area contributed by atoms with E-state index < -0.39 is 5.24 Å². The summed E-state index contributed by atoms with van der Waals surface area (Å²) in [5, 5.41) is 1.72. The largest absolute Gasteiger partial charge is 0.358 e. The third-order valence-corrected chi connectivity index (χ3v) is 1.65. The molecule has 4 radical (unpaired) electrons. The molecule has 0 saturated heterocycles. The van der Waals surface area contributed by atoms with Crippen molar-refractivity contribution >= 4 is 50.5 Å². The molecule has 0 aliphatic heterocycles. The van der Waals surface area contributed by atoms with Gasteiger partial charge in [-0.3, -0.25) is 4.79 Å². The lowest BCUT2D eigenvalue weighted by Gasteiger charge is -1.94. The molecule has 0 amide bonds. The fourth-order valence-electron chi connectivity index (χ4n) is 0.652. The number of hydrogen-bond donors (Lipinski definition) is 1. The van der Waals surface area contributed by atoms with Crippen molar-refractivity contribution in [3.8, 4) is 0 Å². The molecule has 1 rings (SSSR count). The van der Waals surface area contributed by atoms with Crippen LogP contribution in [0.25, 0.3) is 0 Å². The predicted octanol–water partition coefficient (Wildman–Crippen LogP) is -0.350. The highest BCUT2D eigenvalue weighted by Crippen LogP contribution is 2.00. The topological polar surface area (TPSA) is 37.8 Å². The van der Waals surface area contributed by atoms with Gasteiger partial charge in [0, 0.05) is 0 Å². The zero-order valence-corrected chi connectivity index (χ0v) is 6.87. The standard InChI is InChI=1S/C4HB2ClN2OS/c5-2-1(3(7)10)4(11)8-9(2)6/h(H,8,11). The number of hydrogen-bond acceptors (Lipinski definition) is 2. The van der Waals surface area contributed by atoms with Gasteiger partial charge in [0.2, 0.25) is 0 Å². The van der Waals surface area contributed by atoms with Gasteiger partial charge in [-0.05, 0) is 17.2 Å². The Hall–Kier alpha value is -0.480. The van der Waals surface area contributed by atoms with Crippen LogP contribution in [-0.4, -0.2) is 30.8 Å². The molecule has 0 unspecified atom stereocenters. The van der Waals surface area contributed by atoms with Crippen molar-refractivity contribution in [3.63, 3.8) is 0 Å². The molecular formula is C4HB2ClN2OS. The van der Waals surface area contributed by atoms with Crippen molar-refractivity contribution in [1.82, 2.24) is 9.69 Å². The number of aromatic nitrogens is 2. The molecule has 0 aliphatic carbocycles. The highest BCUT2D eigenvalue weighted by atomic mass is 35.5. The summed E-state index contributed by atoms with van der Waals surface area (Å²) in [6.07, 6.45) is 0. The van der Waals surface area contributed by atoms with E-state index in [9.17, 15) is 4.79 Å². The van der Waals surface area contributed by atoms with E-state index >= 15 is 0 Å². The van der Waals surface area contributed by atoms with Gasteiger partial charge in [0.15, 0.2) is 0 Å². The highest BCUT2D eigenvalue weighted by Gasteiger charge is 2.10. The fraction of sp³-hybridized carbons (Fsp3) is 0. The van der Waals surface area contributed by atoms with Gasteiger partial charge in [-0.1, -0.05) is 12.2 Å². The number of rotatable bonds is 1. The number of aromatic amines is 1. The first-order valence-electron chi connectivity index (χ1n) is 2.59. The van der Waals surface area contributed by atoms with E-state index in [1.807, 2.05) is 0 Å². The van der Waals surface area contributed by atoms with Crippen LogP contribution in [0.5, 0.6) is 0 Å². The average Bonchev–Trinajstić information content (AvgIpc) is 2.07. The minimum Gasteiger partial charge on any atom is -0.358 e. The third-order valence-electron chi connectivity index (χ3n) is 1.16. The molecule has 0 aromatic carbocycles. The molecule has 11 heavy (non-hydrogen) atoms. The molecule has 1 aromatic heterocycles. The van der Waals surface area contributed by atoms with Crippen molar-refractivity contribution in [1.29, 1.82) is 0 Å². The van der Waals surface area contributed by atoms with Crippen molar-refractivity contribution in [2.24, 2.45) is 0 Å². The smallest absolute Gasteiger partial charge is 0.260 e. The lowest BCUT2D eigenvalue weighted by Crippen LogP contribution is -2.20. The van der Waals surface area contributed by atoms with Crippen LogP contribution in [0.2, 0.25) is 0 Å². The first-order chi connectivity index (χ1) is 5.04. The van der Waals surface area contributed by atoms with E-state index in [2.05, 4.69) is 5.10 Å². The van der Waals surface area contributed by atoms with Crippen LogP contribution in [0.15, 0.2) is 0 Å². The summed E-state index contributed by atoms with van der Waals surface area (Å²) in [5.41, 5.74) is 0.0826. The normalized spacial score (nSPS) is 9.91. The Morgan fingerprint density at radius 1 is 1.73 bits per heavy atom. The van der Waals surface area contributed by atoms with Crippen LogP contribution in [0.4, 0.5) is 0 Å². The van der Waals surface area contributed by atoms with Gasteiger partial charge in [0.25, 0.3) is 13.2 Å². The summed E-state index contributed by atoms with van der Waals surface area (Å²) in [6, 6.07) is 0. The molecule has 1 aromatic rings. The van der Waals surface area contributed by atoms with E-state index in [0.717, 1.165) is 4.59 Å². The SMILES string of the molecule is [B]c1c(C(=O)Cl)c(=S)[nH]n1[B]. The Labute approximate surface area is 75.6 Å². The van der Waals surface area contributed by atoms with E-state index in [0.29, 0.717) is 0 Å². The van der Waals surface area contributed by atoms with Crippen molar-refractivity contribution in [3.05, 3.63) is 10.2 Å². The quantitative estimate of drug-likeness (QED) is 0.366. The molecule has 7 heteroatoms. The molecule has 3 nitrogen and oxygen atoms in total. The summed E-state index contributed by atoms with van der Waals surface area (Å²) in [4.78, 5) is 10.6. The van der Waals surface area contributed by atoms with Crippen molar-refractivity contribution in [2.75, 3.05) is 0 Å². The summed E-state index contributed by atoms with van der Waals surface area (Å²) >= 11 is 9.85. The van der Waals surface area contributed by atoms with Crippen molar-refractivity contribution in [2.45, 2.75) is 0 Å². The van der Waals surface area contributed by atoms with Gasteiger partial charge in [-0.2, -0.15) is 0 Å². The van der Waals surface area contributed by atoms with Crippen LogP contribution in [0, 0.1) is 4.64 Å². The van der Waals surface area contributed by atoms with Gasteiger partial charge < -0.3 is 9.69 Å². The highest BCUT2D eigenvalue weighted by molar-refractivity contribution is 7.71. The van der Waals surface area contributed by atoms with Gasteiger partial charge >= 0.3 is 0 Å². The Bertz CT molecular complexity index is 357. The Morgan fingerprint density at radius 3 is 2.45 bits per heavy atom. The molecule has 0 fully saturated rings. The van der Waals surface area contributed by atoms with E-state index in [-0.39, 0.29) is 15.8 Å². The lowest BCUT2D eigenvalue weighted by molar-refractivity contribution is 0.108. The van der Waals surface area contributed by atoms with Crippen molar-refractivity contribution < 1.29 is 4.79 Å². The second-order valence-electron chi connectivity index (χ2n) is 1.84. The number of nitrogens with zero attached hydrogens (tertiary/aromatic N) is 1. The van der Waals surface area contributed by atoms with E-state index in [1.54, 1.807) is 0 Å². The third kappa shape index (κ3) is 1.41. The van der Waals surface area contributed by atoms with Crippen LogP contribution in [-0.2, 0) is 0 Å². The van der Waals surface area contributed by atoms with E-state index in [4.69, 9.17) is 39.6 Å². The van der Waals surface area contributed by atoms with E-state index in [1.165, 1.54) is 0 Å².